The van der Waals surface area contributed by atoms with Gasteiger partial charge in [-0.3, -0.25) is 24.1 Å². The average Bonchev–Trinajstić information content (AvgIpc) is 3.42. The highest BCUT2D eigenvalue weighted by molar-refractivity contribution is 6.31. The standard InChI is InChI=1S/C35H34ClN7O2/c1-21-5-4-6-32(29-16-24(11-13-39-29)34(38-2)30(19-37)41-35(21)45)43-20-40-28(18-33(43)44)27-17-25(36)8-9-26(27)22-7-10-31-23(15-22)12-14-42(31)3/h7-21,32H,4-6,37H2,1-3H3,(H,41,45). The highest BCUT2D eigenvalue weighted by atomic mass is 35.5. The van der Waals surface area contributed by atoms with E-state index >= 15 is 0 Å². The molecule has 3 N–H and O–H groups in total. The van der Waals surface area contributed by atoms with Crippen molar-refractivity contribution >= 4 is 34.1 Å². The third kappa shape index (κ3) is 5.91. The monoisotopic (exact) mass is 619 g/mol. The first-order chi connectivity index (χ1) is 21.8. The van der Waals surface area contributed by atoms with E-state index in [2.05, 4.69) is 44.1 Å². The molecule has 5 aromatic rings. The van der Waals surface area contributed by atoms with Crippen molar-refractivity contribution in [3.05, 3.63) is 118 Å². The molecule has 0 aliphatic carbocycles. The van der Waals surface area contributed by atoms with Gasteiger partial charge in [0.15, 0.2) is 0 Å². The van der Waals surface area contributed by atoms with E-state index in [1.54, 1.807) is 30.2 Å². The third-order valence-corrected chi connectivity index (χ3v) is 8.72. The van der Waals surface area contributed by atoms with Crippen LogP contribution in [0.25, 0.3) is 33.3 Å². The Balaban J connectivity index is 1.42. The number of pyridine rings is 1. The summed E-state index contributed by atoms with van der Waals surface area (Å²) < 4.78 is 3.70. The van der Waals surface area contributed by atoms with Crippen LogP contribution < -0.4 is 16.6 Å². The Kier molecular flexibility index (Phi) is 8.36. The average molecular weight is 620 g/mol. The Morgan fingerprint density at radius 1 is 1.00 bits per heavy atom. The highest BCUT2D eigenvalue weighted by Crippen LogP contribution is 2.35. The molecule has 9 nitrogen and oxygen atoms in total. The van der Waals surface area contributed by atoms with Gasteiger partial charge in [-0.1, -0.05) is 37.1 Å². The van der Waals surface area contributed by atoms with Crippen molar-refractivity contribution in [3.63, 3.8) is 0 Å². The minimum atomic E-state index is -0.406. The quantitative estimate of drug-likeness (QED) is 0.262. The summed E-state index contributed by atoms with van der Waals surface area (Å²) in [6.45, 7) is 1.88. The van der Waals surface area contributed by atoms with Gasteiger partial charge in [-0.2, -0.15) is 0 Å². The molecule has 0 radical (unpaired) electrons. The zero-order valence-electron chi connectivity index (χ0n) is 25.4. The number of rotatable bonds is 3. The van der Waals surface area contributed by atoms with E-state index in [9.17, 15) is 9.59 Å². The minimum Gasteiger partial charge on any atom is -0.403 e. The number of nitrogens with zero attached hydrogens (tertiary/aromatic N) is 5. The predicted octanol–water partition coefficient (Wildman–Crippen LogP) is 5.86. The molecule has 228 valence electrons. The number of nitrogens with one attached hydrogen (secondary N) is 1. The van der Waals surface area contributed by atoms with E-state index < -0.39 is 6.04 Å². The number of hydrogen-bond acceptors (Lipinski definition) is 6. The molecule has 45 heavy (non-hydrogen) atoms. The molecular weight excluding hydrogens is 586 g/mol. The van der Waals surface area contributed by atoms with Crippen LogP contribution in [-0.4, -0.2) is 37.8 Å². The van der Waals surface area contributed by atoms with Crippen LogP contribution >= 0.6 is 11.6 Å². The van der Waals surface area contributed by atoms with Crippen molar-refractivity contribution in [1.82, 2.24) is 24.4 Å². The fraction of sp³-hybridized carbons (Fsp3) is 0.229. The van der Waals surface area contributed by atoms with E-state index in [0.717, 1.165) is 33.2 Å². The molecule has 2 unspecified atom stereocenters. The summed E-state index contributed by atoms with van der Waals surface area (Å²) >= 11 is 6.46. The number of carbonyl (C=O) groups is 1. The molecule has 4 heterocycles. The summed E-state index contributed by atoms with van der Waals surface area (Å²) in [6.07, 6.45) is 8.56. The van der Waals surface area contributed by atoms with Gasteiger partial charge < -0.3 is 15.6 Å². The maximum absolute atomic E-state index is 13.9. The molecule has 0 spiro atoms. The summed E-state index contributed by atoms with van der Waals surface area (Å²) in [6, 6.07) is 18.9. The number of aryl methyl sites for hydroxylation is 1. The van der Waals surface area contributed by atoms with Crippen LogP contribution in [0.2, 0.25) is 5.02 Å². The lowest BCUT2D eigenvalue weighted by molar-refractivity contribution is -0.123. The van der Waals surface area contributed by atoms with Crippen LogP contribution in [0.3, 0.4) is 0 Å². The smallest absolute Gasteiger partial charge is 0.254 e. The summed E-state index contributed by atoms with van der Waals surface area (Å²) in [5.41, 5.74) is 12.4. The van der Waals surface area contributed by atoms with Crippen LogP contribution in [0.5, 0.6) is 0 Å². The fourth-order valence-electron chi connectivity index (χ4n) is 6.02. The van der Waals surface area contributed by atoms with E-state index in [0.29, 0.717) is 47.1 Å². The molecule has 10 heteroatoms. The maximum Gasteiger partial charge on any atom is 0.254 e. The molecule has 2 bridgehead atoms. The molecular formula is C35H34ClN7O2. The van der Waals surface area contributed by atoms with E-state index in [4.69, 9.17) is 22.3 Å². The van der Waals surface area contributed by atoms with E-state index in [1.165, 1.54) is 6.20 Å². The second-order valence-corrected chi connectivity index (χ2v) is 11.8. The number of fused-ring (bicyclic) bond motifs is 3. The normalized spacial score (nSPS) is 19.3. The van der Waals surface area contributed by atoms with Gasteiger partial charge in [-0.25, -0.2) is 4.98 Å². The molecule has 1 amide bonds. The first-order valence-corrected chi connectivity index (χ1v) is 15.2. The fourth-order valence-corrected chi connectivity index (χ4v) is 6.19. The minimum absolute atomic E-state index is 0.133. The van der Waals surface area contributed by atoms with Crippen LogP contribution in [-0.2, 0) is 11.8 Å². The van der Waals surface area contributed by atoms with Gasteiger partial charge in [0.25, 0.3) is 5.56 Å². The first-order valence-electron chi connectivity index (χ1n) is 14.9. The predicted molar refractivity (Wildman–Crippen MR) is 179 cm³/mol. The van der Waals surface area contributed by atoms with Crippen molar-refractivity contribution in [2.24, 2.45) is 23.7 Å². The Bertz CT molecular complexity index is 2040. The first kappa shape index (κ1) is 30.0. The zero-order valence-corrected chi connectivity index (χ0v) is 26.1. The van der Waals surface area contributed by atoms with Gasteiger partial charge in [0.05, 0.1) is 35.2 Å². The summed E-state index contributed by atoms with van der Waals surface area (Å²) in [4.78, 5) is 40.7. The van der Waals surface area contributed by atoms with Gasteiger partial charge in [-0.15, -0.1) is 0 Å². The second kappa shape index (κ2) is 12.5. The number of aromatic nitrogens is 4. The molecule has 3 aromatic heterocycles. The number of carbonyl (C=O) groups excluding carboxylic acids is 1. The van der Waals surface area contributed by atoms with Gasteiger partial charge in [0, 0.05) is 71.7 Å². The van der Waals surface area contributed by atoms with Crippen LogP contribution in [0, 0.1) is 5.92 Å². The topological polar surface area (TPSA) is 120 Å². The zero-order chi connectivity index (χ0) is 31.7. The van der Waals surface area contributed by atoms with Crippen molar-refractivity contribution in [2.75, 3.05) is 7.05 Å². The Morgan fingerprint density at radius 2 is 1.84 bits per heavy atom. The lowest BCUT2D eigenvalue weighted by Crippen LogP contribution is -2.33. The van der Waals surface area contributed by atoms with Crippen LogP contribution in [0.15, 0.2) is 101 Å². The Morgan fingerprint density at radius 3 is 2.62 bits per heavy atom. The van der Waals surface area contributed by atoms with Gasteiger partial charge >= 0.3 is 0 Å². The van der Waals surface area contributed by atoms with Crippen LogP contribution in [0.4, 0.5) is 0 Å². The number of nitrogens with two attached hydrogens (primary N) is 1. The second-order valence-electron chi connectivity index (χ2n) is 11.4. The number of amides is 1. The lowest BCUT2D eigenvalue weighted by atomic mass is 9.95. The van der Waals surface area contributed by atoms with Crippen molar-refractivity contribution in [2.45, 2.75) is 32.2 Å². The Hall–Kier alpha value is -5.02. The van der Waals surface area contributed by atoms with Gasteiger partial charge in [0.2, 0.25) is 5.91 Å². The summed E-state index contributed by atoms with van der Waals surface area (Å²) in [5.74, 6) is -0.399. The van der Waals surface area contributed by atoms with Crippen LogP contribution in [0.1, 0.15) is 43.5 Å². The molecule has 6 rings (SSSR count). The molecule has 1 aliphatic rings. The summed E-state index contributed by atoms with van der Waals surface area (Å²) in [5, 5.41) is 4.59. The molecule has 0 saturated carbocycles. The van der Waals surface area contributed by atoms with Gasteiger partial charge in [0.1, 0.15) is 0 Å². The van der Waals surface area contributed by atoms with Crippen molar-refractivity contribution in [3.8, 4) is 22.4 Å². The third-order valence-electron chi connectivity index (χ3n) is 8.49. The number of aliphatic imine (C=N–C) groups is 1. The largest absolute Gasteiger partial charge is 0.403 e. The van der Waals surface area contributed by atoms with E-state index in [-0.39, 0.29) is 17.4 Å². The van der Waals surface area contributed by atoms with Crippen molar-refractivity contribution in [1.29, 1.82) is 0 Å². The molecule has 0 fully saturated rings. The number of hydrogen-bond donors (Lipinski definition) is 2. The molecule has 0 saturated heterocycles. The Labute approximate surface area is 266 Å². The highest BCUT2D eigenvalue weighted by Gasteiger charge is 2.24. The number of halogens is 1. The number of allylic oxidation sites excluding steroid dienone is 1. The molecule has 2 atom stereocenters. The SMILES string of the molecule is CN=C1C(=CN)NC(=O)C(C)CCCC(n2cnc(-c3cc(Cl)ccc3-c3ccc4c(ccn4C)c3)cc2=O)c2cc1ccn2. The molecule has 1 aliphatic heterocycles. The maximum atomic E-state index is 13.9. The summed E-state index contributed by atoms with van der Waals surface area (Å²) in [7, 11) is 3.66. The molecule has 2 aromatic carbocycles. The lowest BCUT2D eigenvalue weighted by Gasteiger charge is -2.23. The number of benzene rings is 2. The van der Waals surface area contributed by atoms with E-state index in [1.807, 2.05) is 50.5 Å². The van der Waals surface area contributed by atoms with Gasteiger partial charge in [-0.05, 0) is 66.4 Å². The van der Waals surface area contributed by atoms with Crippen molar-refractivity contribution < 1.29 is 4.79 Å².